The molecule has 0 aromatic heterocycles. The molecule has 4 rings (SSSR count). The number of unbranched alkanes of at least 4 members (excludes halogenated alkanes) is 1. The van der Waals surface area contributed by atoms with Gasteiger partial charge in [-0.25, -0.2) is 4.79 Å². The van der Waals surface area contributed by atoms with E-state index in [9.17, 15) is 4.79 Å². The lowest BCUT2D eigenvalue weighted by Gasteiger charge is -2.40. The van der Waals surface area contributed by atoms with Crippen molar-refractivity contribution in [3.8, 4) is 16.9 Å². The average molecular weight is 557 g/mol. The lowest BCUT2D eigenvalue weighted by molar-refractivity contribution is 0.0204. The smallest absolute Gasteiger partial charge is 0.410 e. The van der Waals surface area contributed by atoms with Crippen LogP contribution in [0.15, 0.2) is 60.7 Å². The second-order valence-electron chi connectivity index (χ2n) is 12.5. The predicted octanol–water partition coefficient (Wildman–Crippen LogP) is 8.86. The number of amides is 1. The number of carbonyl (C=O) groups is 1. The lowest BCUT2D eigenvalue weighted by Crippen LogP contribution is -2.48. The second kappa shape index (κ2) is 13.5. The maximum atomic E-state index is 12.7. The van der Waals surface area contributed by atoms with Crippen LogP contribution in [0.2, 0.25) is 0 Å². The first-order valence-electron chi connectivity index (χ1n) is 15.2. The van der Waals surface area contributed by atoms with Crippen LogP contribution in [0, 0.1) is 20.8 Å². The summed E-state index contributed by atoms with van der Waals surface area (Å²) in [5.74, 6) is 0.911. The van der Waals surface area contributed by atoms with E-state index >= 15 is 0 Å². The number of aryl methyl sites for hydroxylation is 2. The van der Waals surface area contributed by atoms with Gasteiger partial charge in [0.1, 0.15) is 11.4 Å². The maximum absolute atomic E-state index is 12.7. The van der Waals surface area contributed by atoms with Gasteiger partial charge in [0.05, 0.1) is 6.61 Å². The van der Waals surface area contributed by atoms with Gasteiger partial charge in [0.25, 0.3) is 0 Å². The first-order valence-corrected chi connectivity index (χ1v) is 15.2. The fourth-order valence-electron chi connectivity index (χ4n) is 5.43. The first-order chi connectivity index (χ1) is 19.5. The van der Waals surface area contributed by atoms with Gasteiger partial charge < -0.3 is 19.3 Å². The molecule has 41 heavy (non-hydrogen) atoms. The molecule has 0 spiro atoms. The molecule has 5 heteroatoms. The van der Waals surface area contributed by atoms with Gasteiger partial charge in [-0.15, -0.1) is 0 Å². The van der Waals surface area contributed by atoms with Gasteiger partial charge in [-0.3, -0.25) is 0 Å². The number of carbonyl (C=O) groups excluding carboxylic acids is 1. The number of nitrogens with zero attached hydrogens (tertiary/aromatic N) is 2. The quantitative estimate of drug-likeness (QED) is 0.247. The van der Waals surface area contributed by atoms with E-state index in [4.69, 9.17) is 9.47 Å². The average Bonchev–Trinajstić information content (AvgIpc) is 2.94. The van der Waals surface area contributed by atoms with E-state index in [1.807, 2.05) is 25.7 Å². The van der Waals surface area contributed by atoms with Crippen LogP contribution in [0.25, 0.3) is 11.1 Å². The Kier molecular flexibility index (Phi) is 10.0. The van der Waals surface area contributed by atoms with Crippen LogP contribution in [0.4, 0.5) is 10.5 Å². The van der Waals surface area contributed by atoms with Crippen LogP contribution in [-0.4, -0.2) is 42.3 Å². The van der Waals surface area contributed by atoms with Crippen LogP contribution in [0.5, 0.6) is 5.75 Å². The highest BCUT2D eigenvalue weighted by atomic mass is 16.6. The van der Waals surface area contributed by atoms with E-state index in [1.54, 1.807) is 0 Å². The Hall–Kier alpha value is -3.47. The summed E-state index contributed by atoms with van der Waals surface area (Å²) in [6.45, 7) is 17.4. The number of ether oxygens (including phenoxy) is 2. The maximum Gasteiger partial charge on any atom is 0.410 e. The van der Waals surface area contributed by atoms with Gasteiger partial charge in [0.2, 0.25) is 0 Å². The van der Waals surface area contributed by atoms with Crippen molar-refractivity contribution in [3.63, 3.8) is 0 Å². The van der Waals surface area contributed by atoms with E-state index < -0.39 is 5.60 Å². The standard InChI is InChI=1S/C36H48N2O3/c1-8-9-21-40-34-15-13-32(14-16-34)38(33-17-19-37(20-18-33)35(39)41-36(5,6)7)25-29-11-10-12-30(24-29)31-22-26(2)28(4)27(3)23-31/h10-16,22-24,33H,8-9,17-21,25H2,1-7H3. The van der Waals surface area contributed by atoms with E-state index in [0.29, 0.717) is 19.1 Å². The lowest BCUT2D eigenvalue weighted by atomic mass is 9.95. The summed E-state index contributed by atoms with van der Waals surface area (Å²) in [5, 5.41) is 0. The molecular weight excluding hydrogens is 508 g/mol. The van der Waals surface area contributed by atoms with Crippen molar-refractivity contribution in [3.05, 3.63) is 82.9 Å². The summed E-state index contributed by atoms with van der Waals surface area (Å²) in [6.07, 6.45) is 3.75. The molecule has 220 valence electrons. The first kappa shape index (κ1) is 30.5. The molecule has 0 saturated carbocycles. The molecule has 1 heterocycles. The Morgan fingerprint density at radius 2 is 1.59 bits per heavy atom. The van der Waals surface area contributed by atoms with Crippen LogP contribution < -0.4 is 9.64 Å². The van der Waals surface area contributed by atoms with Gasteiger partial charge in [-0.05, 0) is 125 Å². The van der Waals surface area contributed by atoms with E-state index in [0.717, 1.165) is 44.6 Å². The Balaban J connectivity index is 1.56. The van der Waals surface area contributed by atoms with Crippen molar-refractivity contribution >= 4 is 11.8 Å². The number of hydrogen-bond donors (Lipinski definition) is 0. The molecule has 0 aliphatic carbocycles. The Morgan fingerprint density at radius 1 is 0.927 bits per heavy atom. The zero-order valence-electron chi connectivity index (χ0n) is 26.1. The van der Waals surface area contributed by atoms with Crippen molar-refractivity contribution < 1.29 is 14.3 Å². The van der Waals surface area contributed by atoms with Crippen LogP contribution in [0.1, 0.15) is 75.6 Å². The summed E-state index contributed by atoms with van der Waals surface area (Å²) in [6, 6.07) is 22.4. The predicted molar refractivity (Wildman–Crippen MR) is 170 cm³/mol. The zero-order chi connectivity index (χ0) is 29.6. The summed E-state index contributed by atoms with van der Waals surface area (Å²) < 4.78 is 11.6. The molecule has 1 aliphatic heterocycles. The molecule has 0 radical (unpaired) electrons. The summed E-state index contributed by atoms with van der Waals surface area (Å²) in [4.78, 5) is 17.1. The molecule has 3 aromatic rings. The molecule has 0 unspecified atom stereocenters. The Bertz CT molecular complexity index is 1280. The van der Waals surface area contributed by atoms with Gasteiger partial charge in [0.15, 0.2) is 0 Å². The van der Waals surface area contributed by atoms with Crippen molar-refractivity contribution in [2.75, 3.05) is 24.6 Å². The van der Waals surface area contributed by atoms with E-state index in [2.05, 4.69) is 93.3 Å². The third-order valence-corrected chi connectivity index (χ3v) is 8.03. The normalized spacial score (nSPS) is 14.2. The van der Waals surface area contributed by atoms with Gasteiger partial charge in [0, 0.05) is 31.4 Å². The van der Waals surface area contributed by atoms with Gasteiger partial charge in [-0.1, -0.05) is 43.7 Å². The second-order valence-corrected chi connectivity index (χ2v) is 12.5. The largest absolute Gasteiger partial charge is 0.494 e. The highest BCUT2D eigenvalue weighted by molar-refractivity contribution is 5.68. The number of benzene rings is 3. The van der Waals surface area contributed by atoms with Gasteiger partial charge in [-0.2, -0.15) is 0 Å². The van der Waals surface area contributed by atoms with Crippen LogP contribution >= 0.6 is 0 Å². The number of piperidine rings is 1. The summed E-state index contributed by atoms with van der Waals surface area (Å²) in [5.41, 5.74) is 8.48. The van der Waals surface area contributed by atoms with Crippen molar-refractivity contribution in [1.29, 1.82) is 0 Å². The van der Waals surface area contributed by atoms with E-state index in [-0.39, 0.29) is 6.09 Å². The molecule has 0 N–H and O–H groups in total. The Labute approximate surface area is 247 Å². The van der Waals surface area contributed by atoms with E-state index in [1.165, 1.54) is 39.1 Å². The number of hydrogen-bond acceptors (Lipinski definition) is 4. The molecular formula is C36H48N2O3. The van der Waals surface area contributed by atoms with Crippen LogP contribution in [0.3, 0.4) is 0 Å². The molecule has 3 aromatic carbocycles. The minimum absolute atomic E-state index is 0.215. The number of anilines is 1. The molecule has 0 atom stereocenters. The molecule has 5 nitrogen and oxygen atoms in total. The molecule has 1 fully saturated rings. The molecule has 0 bridgehead atoms. The molecule has 1 saturated heterocycles. The summed E-state index contributed by atoms with van der Waals surface area (Å²) >= 11 is 0. The van der Waals surface area contributed by atoms with Crippen molar-refractivity contribution in [2.24, 2.45) is 0 Å². The van der Waals surface area contributed by atoms with Crippen molar-refractivity contribution in [2.45, 2.75) is 92.3 Å². The fraction of sp³-hybridized carbons (Fsp3) is 0.472. The third kappa shape index (κ3) is 8.28. The monoisotopic (exact) mass is 556 g/mol. The fourth-order valence-corrected chi connectivity index (χ4v) is 5.43. The van der Waals surface area contributed by atoms with Crippen molar-refractivity contribution in [1.82, 2.24) is 4.90 Å². The zero-order valence-corrected chi connectivity index (χ0v) is 26.1. The minimum Gasteiger partial charge on any atom is -0.494 e. The third-order valence-electron chi connectivity index (χ3n) is 8.03. The number of rotatable bonds is 9. The van der Waals surface area contributed by atoms with Gasteiger partial charge >= 0.3 is 6.09 Å². The number of likely N-dealkylation sites (tertiary alicyclic amines) is 1. The summed E-state index contributed by atoms with van der Waals surface area (Å²) in [7, 11) is 0. The topological polar surface area (TPSA) is 42.0 Å². The highest BCUT2D eigenvalue weighted by Gasteiger charge is 2.30. The minimum atomic E-state index is -0.486. The molecule has 1 amide bonds. The Morgan fingerprint density at radius 3 is 2.20 bits per heavy atom. The van der Waals surface area contributed by atoms with Crippen LogP contribution in [-0.2, 0) is 11.3 Å². The SMILES string of the molecule is CCCCOc1ccc(N(Cc2cccc(-c3cc(C)c(C)c(C)c3)c2)C2CCN(C(=O)OC(C)(C)C)CC2)cc1. The molecule has 1 aliphatic rings. The highest BCUT2D eigenvalue weighted by Crippen LogP contribution is 2.30.